The van der Waals surface area contributed by atoms with Crippen molar-refractivity contribution in [3.63, 3.8) is 0 Å². The van der Waals surface area contributed by atoms with Crippen molar-refractivity contribution in [2.24, 2.45) is 11.8 Å². The van der Waals surface area contributed by atoms with E-state index in [4.69, 9.17) is 0 Å². The summed E-state index contributed by atoms with van der Waals surface area (Å²) in [5.41, 5.74) is 3.63. The summed E-state index contributed by atoms with van der Waals surface area (Å²) in [5, 5.41) is 0. The highest BCUT2D eigenvalue weighted by atomic mass is 16.2. The van der Waals surface area contributed by atoms with Gasteiger partial charge in [0.05, 0.1) is 5.92 Å². The summed E-state index contributed by atoms with van der Waals surface area (Å²) in [5.74, 6) is 0.710. The number of amides is 2. The molecule has 1 aromatic rings. The molecule has 1 saturated carbocycles. The molecule has 4 nitrogen and oxygen atoms in total. The van der Waals surface area contributed by atoms with E-state index in [9.17, 15) is 9.59 Å². The molecule has 1 aromatic carbocycles. The smallest absolute Gasteiger partial charge is 0.231 e. The van der Waals surface area contributed by atoms with Gasteiger partial charge in [0.2, 0.25) is 11.8 Å². The van der Waals surface area contributed by atoms with Gasteiger partial charge >= 0.3 is 0 Å². The zero-order chi connectivity index (χ0) is 16.7. The van der Waals surface area contributed by atoms with Gasteiger partial charge in [0.1, 0.15) is 0 Å². The minimum absolute atomic E-state index is 0.0336. The Morgan fingerprint density at radius 2 is 1.83 bits per heavy atom. The number of likely N-dealkylation sites (tertiary alicyclic amines) is 1. The largest absolute Gasteiger partial charge is 0.342 e. The van der Waals surface area contributed by atoms with Crippen LogP contribution in [0.1, 0.15) is 43.2 Å². The molecular weight excluding hydrogens is 300 g/mol. The van der Waals surface area contributed by atoms with Crippen LogP contribution in [-0.2, 0) is 16.0 Å². The fourth-order valence-electron chi connectivity index (χ4n) is 4.14. The number of carbonyl (C=O) groups is 2. The Kier molecular flexibility index (Phi) is 4.07. The molecule has 24 heavy (non-hydrogen) atoms. The molecule has 1 aliphatic carbocycles. The minimum atomic E-state index is -0.0336. The Hall–Kier alpha value is -1.84. The van der Waals surface area contributed by atoms with Crippen LogP contribution < -0.4 is 4.90 Å². The third-order valence-corrected chi connectivity index (χ3v) is 5.63. The van der Waals surface area contributed by atoms with Gasteiger partial charge in [-0.05, 0) is 57.1 Å². The van der Waals surface area contributed by atoms with Gasteiger partial charge in [-0.2, -0.15) is 0 Å². The molecule has 3 aliphatic rings. The van der Waals surface area contributed by atoms with Crippen molar-refractivity contribution in [1.29, 1.82) is 0 Å². The Balaban J connectivity index is 1.50. The molecule has 4 rings (SSSR count). The molecule has 128 valence electrons. The Labute approximate surface area is 143 Å². The highest BCUT2D eigenvalue weighted by Crippen LogP contribution is 2.34. The summed E-state index contributed by atoms with van der Waals surface area (Å²) < 4.78 is 0. The van der Waals surface area contributed by atoms with Crippen molar-refractivity contribution < 1.29 is 9.59 Å². The molecule has 4 heteroatoms. The van der Waals surface area contributed by atoms with Crippen molar-refractivity contribution in [2.45, 2.75) is 45.4 Å². The van der Waals surface area contributed by atoms with E-state index in [1.165, 1.54) is 11.1 Å². The average Bonchev–Trinajstić information content (AvgIpc) is 3.45. The molecule has 1 saturated heterocycles. The number of hydrogen-bond donors (Lipinski definition) is 0. The van der Waals surface area contributed by atoms with E-state index in [0.29, 0.717) is 6.54 Å². The Morgan fingerprint density at radius 1 is 1.00 bits per heavy atom. The molecule has 0 bridgehead atoms. The molecular formula is C20H26N2O2. The van der Waals surface area contributed by atoms with Gasteiger partial charge in [0.25, 0.3) is 0 Å². The van der Waals surface area contributed by atoms with Crippen LogP contribution in [0.25, 0.3) is 0 Å². The van der Waals surface area contributed by atoms with Crippen molar-refractivity contribution in [2.75, 3.05) is 24.5 Å². The lowest BCUT2D eigenvalue weighted by Crippen LogP contribution is -2.48. The molecule has 2 fully saturated rings. The molecule has 0 aromatic heterocycles. The summed E-state index contributed by atoms with van der Waals surface area (Å²) in [7, 11) is 0. The SMILES string of the molecule is Cc1ccc2c(c1)CCCN2C(=O)[C@@H]1CCCN(C(=O)C2CC2)C1. The van der Waals surface area contributed by atoms with Gasteiger partial charge in [-0.1, -0.05) is 17.7 Å². The van der Waals surface area contributed by atoms with Crippen LogP contribution in [0, 0.1) is 18.8 Å². The van der Waals surface area contributed by atoms with E-state index in [0.717, 1.165) is 57.3 Å². The number of benzene rings is 1. The van der Waals surface area contributed by atoms with Crippen LogP contribution in [0.5, 0.6) is 0 Å². The third kappa shape index (κ3) is 2.94. The second kappa shape index (κ2) is 6.23. The van der Waals surface area contributed by atoms with E-state index in [-0.39, 0.29) is 23.7 Å². The first kappa shape index (κ1) is 15.7. The first-order valence-corrected chi connectivity index (χ1v) is 9.33. The van der Waals surface area contributed by atoms with Crippen LogP contribution in [0.15, 0.2) is 18.2 Å². The zero-order valence-electron chi connectivity index (χ0n) is 14.5. The van der Waals surface area contributed by atoms with Gasteiger partial charge in [0, 0.05) is 31.2 Å². The number of hydrogen-bond acceptors (Lipinski definition) is 2. The Morgan fingerprint density at radius 3 is 2.62 bits per heavy atom. The van der Waals surface area contributed by atoms with Crippen molar-refractivity contribution in [3.05, 3.63) is 29.3 Å². The zero-order valence-corrected chi connectivity index (χ0v) is 14.5. The van der Waals surface area contributed by atoms with Gasteiger partial charge in [0.15, 0.2) is 0 Å². The molecule has 0 radical (unpaired) electrons. The predicted octanol–water partition coefficient (Wildman–Crippen LogP) is 2.92. The first-order chi connectivity index (χ1) is 11.6. The number of piperidine rings is 1. The van der Waals surface area contributed by atoms with Gasteiger partial charge < -0.3 is 9.80 Å². The number of aryl methyl sites for hydroxylation is 2. The minimum Gasteiger partial charge on any atom is -0.342 e. The average molecular weight is 326 g/mol. The van der Waals surface area contributed by atoms with Crippen molar-refractivity contribution in [3.8, 4) is 0 Å². The molecule has 0 unspecified atom stereocenters. The molecule has 0 spiro atoms. The van der Waals surface area contributed by atoms with Crippen LogP contribution in [0.2, 0.25) is 0 Å². The number of rotatable bonds is 2. The Bertz CT molecular complexity index is 666. The maximum Gasteiger partial charge on any atom is 0.231 e. The third-order valence-electron chi connectivity index (χ3n) is 5.63. The molecule has 2 heterocycles. The van der Waals surface area contributed by atoms with E-state index in [1.807, 2.05) is 9.80 Å². The van der Waals surface area contributed by atoms with Gasteiger partial charge in [-0.25, -0.2) is 0 Å². The maximum absolute atomic E-state index is 13.1. The van der Waals surface area contributed by atoms with E-state index in [1.54, 1.807) is 0 Å². The van der Waals surface area contributed by atoms with Crippen molar-refractivity contribution >= 4 is 17.5 Å². The summed E-state index contributed by atoms with van der Waals surface area (Å²) >= 11 is 0. The molecule has 2 amide bonds. The summed E-state index contributed by atoms with van der Waals surface area (Å²) in [6.07, 6.45) is 6.01. The first-order valence-electron chi connectivity index (χ1n) is 9.33. The summed E-state index contributed by atoms with van der Waals surface area (Å²) in [6.45, 7) is 4.35. The normalized spacial score (nSPS) is 23.8. The van der Waals surface area contributed by atoms with Crippen LogP contribution in [-0.4, -0.2) is 36.3 Å². The number of fused-ring (bicyclic) bond motifs is 1. The molecule has 2 aliphatic heterocycles. The second-order valence-corrected chi connectivity index (χ2v) is 7.62. The van der Waals surface area contributed by atoms with Crippen LogP contribution in [0.3, 0.4) is 0 Å². The van der Waals surface area contributed by atoms with Crippen LogP contribution >= 0.6 is 0 Å². The summed E-state index contributed by atoms with van der Waals surface area (Å²) in [6, 6.07) is 6.39. The fourth-order valence-corrected chi connectivity index (χ4v) is 4.14. The topological polar surface area (TPSA) is 40.6 Å². The molecule has 0 N–H and O–H groups in total. The predicted molar refractivity (Wildman–Crippen MR) is 93.9 cm³/mol. The summed E-state index contributed by atoms with van der Waals surface area (Å²) in [4.78, 5) is 29.4. The lowest BCUT2D eigenvalue weighted by molar-refractivity contribution is -0.136. The van der Waals surface area contributed by atoms with Gasteiger partial charge in [-0.3, -0.25) is 9.59 Å². The lowest BCUT2D eigenvalue weighted by atomic mass is 9.93. The van der Waals surface area contributed by atoms with E-state index in [2.05, 4.69) is 25.1 Å². The van der Waals surface area contributed by atoms with Gasteiger partial charge in [-0.15, -0.1) is 0 Å². The van der Waals surface area contributed by atoms with E-state index < -0.39 is 0 Å². The monoisotopic (exact) mass is 326 g/mol. The van der Waals surface area contributed by atoms with E-state index >= 15 is 0 Å². The fraction of sp³-hybridized carbons (Fsp3) is 0.600. The lowest BCUT2D eigenvalue weighted by Gasteiger charge is -2.37. The number of carbonyl (C=O) groups excluding carboxylic acids is 2. The van der Waals surface area contributed by atoms with Crippen molar-refractivity contribution in [1.82, 2.24) is 4.90 Å². The quantitative estimate of drug-likeness (QED) is 0.838. The highest BCUT2D eigenvalue weighted by molar-refractivity contribution is 5.96. The maximum atomic E-state index is 13.1. The van der Waals surface area contributed by atoms with Crippen LogP contribution in [0.4, 0.5) is 5.69 Å². The number of nitrogens with zero attached hydrogens (tertiary/aromatic N) is 2. The number of anilines is 1. The molecule has 1 atom stereocenters. The standard InChI is InChI=1S/C20H26N2O2/c1-14-6-9-18-16(12-14)4-3-11-22(18)20(24)17-5-2-10-21(13-17)19(23)15-7-8-15/h6,9,12,15,17H,2-5,7-8,10-11,13H2,1H3/t17-/m1/s1. The highest BCUT2D eigenvalue weighted by Gasteiger charge is 2.38. The second-order valence-electron chi connectivity index (χ2n) is 7.62.